The fourth-order valence-corrected chi connectivity index (χ4v) is 1.06. The zero-order valence-electron chi connectivity index (χ0n) is 8.01. The molecule has 0 aliphatic rings. The van der Waals surface area contributed by atoms with Gasteiger partial charge in [0.1, 0.15) is 17.1 Å². The summed E-state index contributed by atoms with van der Waals surface area (Å²) in [7, 11) is 0. The largest absolute Gasteiger partial charge is 0.421 e. The molecule has 0 fully saturated rings. The topological polar surface area (TPSA) is 65.2 Å². The molecule has 0 saturated heterocycles. The molecule has 0 aromatic carbocycles. The molecule has 2 heterocycles. The third-order valence-corrected chi connectivity index (χ3v) is 1.82. The van der Waals surface area contributed by atoms with Gasteiger partial charge in [-0.25, -0.2) is 4.79 Å². The number of hydrogen-bond donors (Lipinski definition) is 0. The van der Waals surface area contributed by atoms with Crippen LogP contribution in [0.4, 0.5) is 0 Å². The number of rotatable bonds is 2. The Hall–Kier alpha value is -2.17. The first-order valence-corrected chi connectivity index (χ1v) is 4.31. The van der Waals surface area contributed by atoms with Crippen molar-refractivity contribution in [2.45, 2.75) is 6.92 Å². The molecule has 2 aromatic heterocycles. The van der Waals surface area contributed by atoms with E-state index in [1.165, 1.54) is 12.4 Å². The fraction of sp³-hybridized carbons (Fsp3) is 0.100. The van der Waals surface area contributed by atoms with Crippen molar-refractivity contribution in [3.05, 3.63) is 42.0 Å². The zero-order chi connectivity index (χ0) is 10.7. The third kappa shape index (κ3) is 2.01. The van der Waals surface area contributed by atoms with Gasteiger partial charge in [0.15, 0.2) is 0 Å². The molecule has 0 saturated carbocycles. The zero-order valence-corrected chi connectivity index (χ0v) is 8.01. The molecule has 2 rings (SSSR count). The van der Waals surface area contributed by atoms with Crippen LogP contribution in [0.3, 0.4) is 0 Å². The minimum absolute atomic E-state index is 0.318. The second-order valence-electron chi connectivity index (χ2n) is 2.87. The Morgan fingerprint density at radius 3 is 2.93 bits per heavy atom. The van der Waals surface area contributed by atoms with Crippen molar-refractivity contribution >= 4 is 5.97 Å². The predicted octanol–water partition coefficient (Wildman–Crippen LogP) is 1.60. The first-order chi connectivity index (χ1) is 7.27. The summed E-state index contributed by atoms with van der Waals surface area (Å²) in [5, 5.41) is 3.49. The van der Waals surface area contributed by atoms with Gasteiger partial charge in [-0.15, -0.1) is 0 Å². The van der Waals surface area contributed by atoms with E-state index in [-0.39, 0.29) is 0 Å². The third-order valence-electron chi connectivity index (χ3n) is 1.82. The molecule has 0 N–H and O–H groups in total. The van der Waals surface area contributed by atoms with Gasteiger partial charge in [0.2, 0.25) is 0 Å². The molecule has 5 heteroatoms. The number of pyridine rings is 1. The van der Waals surface area contributed by atoms with E-state index in [0.717, 1.165) is 0 Å². The maximum absolute atomic E-state index is 11.5. The Bertz CT molecular complexity index is 465. The number of nitrogens with zero attached hydrogens (tertiary/aromatic N) is 2. The van der Waals surface area contributed by atoms with Crippen LogP contribution in [0.2, 0.25) is 0 Å². The van der Waals surface area contributed by atoms with E-state index < -0.39 is 5.97 Å². The van der Waals surface area contributed by atoms with Crippen molar-refractivity contribution in [2.75, 3.05) is 0 Å². The van der Waals surface area contributed by atoms with Gasteiger partial charge >= 0.3 is 5.97 Å². The smallest absolute Gasteiger partial charge is 0.348 e. The lowest BCUT2D eigenvalue weighted by Gasteiger charge is -2.00. The molecule has 5 nitrogen and oxygen atoms in total. The van der Waals surface area contributed by atoms with Crippen molar-refractivity contribution in [3.8, 4) is 5.75 Å². The van der Waals surface area contributed by atoms with Crippen molar-refractivity contribution < 1.29 is 14.1 Å². The van der Waals surface area contributed by atoms with Gasteiger partial charge in [-0.2, -0.15) is 0 Å². The van der Waals surface area contributed by atoms with Crippen LogP contribution in [-0.2, 0) is 0 Å². The molecule has 76 valence electrons. The van der Waals surface area contributed by atoms with Crippen LogP contribution in [-0.4, -0.2) is 16.1 Å². The van der Waals surface area contributed by atoms with Crippen LogP contribution in [0.1, 0.15) is 16.1 Å². The van der Waals surface area contributed by atoms with Crippen molar-refractivity contribution in [1.29, 1.82) is 0 Å². The number of carbonyl (C=O) groups excluding carboxylic acids is 1. The number of aryl methyl sites for hydroxylation is 1. The molecule has 0 spiro atoms. The maximum Gasteiger partial charge on any atom is 0.348 e. The molecule has 0 radical (unpaired) electrons. The van der Waals surface area contributed by atoms with Crippen LogP contribution in [0, 0.1) is 6.92 Å². The Morgan fingerprint density at radius 1 is 1.47 bits per heavy atom. The van der Waals surface area contributed by atoms with E-state index in [9.17, 15) is 4.79 Å². The number of ether oxygens (including phenoxy) is 1. The van der Waals surface area contributed by atoms with Gasteiger partial charge in [-0.05, 0) is 19.1 Å². The van der Waals surface area contributed by atoms with Crippen LogP contribution < -0.4 is 4.74 Å². The molecular formula is C10H8N2O3. The van der Waals surface area contributed by atoms with Crippen molar-refractivity contribution in [2.24, 2.45) is 0 Å². The predicted molar refractivity (Wildman–Crippen MR) is 50.4 cm³/mol. The van der Waals surface area contributed by atoms with E-state index >= 15 is 0 Å². The lowest BCUT2D eigenvalue weighted by atomic mass is 10.3. The maximum atomic E-state index is 11.5. The Balaban J connectivity index is 2.15. The summed E-state index contributed by atoms with van der Waals surface area (Å²) < 4.78 is 9.80. The average Bonchev–Trinajstić information content (AvgIpc) is 2.66. The molecule has 15 heavy (non-hydrogen) atoms. The molecule has 0 unspecified atom stereocenters. The number of esters is 1. The van der Waals surface area contributed by atoms with Gasteiger partial charge in [-0.3, -0.25) is 4.98 Å². The van der Waals surface area contributed by atoms with E-state index in [1.54, 1.807) is 25.3 Å². The Labute approximate surface area is 85.7 Å². The van der Waals surface area contributed by atoms with Crippen LogP contribution in [0.5, 0.6) is 5.75 Å². The van der Waals surface area contributed by atoms with E-state index in [4.69, 9.17) is 9.26 Å². The molecule has 0 aliphatic carbocycles. The molecule has 2 aromatic rings. The molecule has 0 bridgehead atoms. The molecule has 0 atom stereocenters. The van der Waals surface area contributed by atoms with Gasteiger partial charge in [0.25, 0.3) is 0 Å². The highest BCUT2D eigenvalue weighted by atomic mass is 16.5. The van der Waals surface area contributed by atoms with Crippen LogP contribution in [0.25, 0.3) is 0 Å². The van der Waals surface area contributed by atoms with Crippen LogP contribution in [0.15, 0.2) is 35.2 Å². The lowest BCUT2D eigenvalue weighted by molar-refractivity contribution is 0.0732. The van der Waals surface area contributed by atoms with Gasteiger partial charge in [0, 0.05) is 6.20 Å². The second kappa shape index (κ2) is 3.91. The number of carbonyl (C=O) groups is 1. The first kappa shape index (κ1) is 9.39. The molecule has 0 amide bonds. The van der Waals surface area contributed by atoms with Gasteiger partial charge < -0.3 is 9.26 Å². The Morgan fingerprint density at radius 2 is 2.33 bits per heavy atom. The normalized spacial score (nSPS) is 9.93. The minimum Gasteiger partial charge on any atom is -0.421 e. The summed E-state index contributed by atoms with van der Waals surface area (Å²) in [6, 6.07) is 3.33. The van der Waals surface area contributed by atoms with E-state index in [1.807, 2.05) is 0 Å². The Kier molecular flexibility index (Phi) is 2.45. The average molecular weight is 204 g/mol. The second-order valence-corrected chi connectivity index (χ2v) is 2.87. The summed E-state index contributed by atoms with van der Waals surface area (Å²) in [6.07, 6.45) is 4.39. The molecular weight excluding hydrogens is 196 g/mol. The summed E-state index contributed by atoms with van der Waals surface area (Å²) in [6.45, 7) is 1.65. The van der Waals surface area contributed by atoms with Gasteiger partial charge in [0.05, 0.1) is 12.4 Å². The summed E-state index contributed by atoms with van der Waals surface area (Å²) >= 11 is 0. The molecule has 0 aliphatic heterocycles. The SMILES string of the molecule is Cc1oncc1C(=O)Oc1cccnc1. The highest BCUT2D eigenvalue weighted by molar-refractivity contribution is 5.91. The van der Waals surface area contributed by atoms with Crippen molar-refractivity contribution in [3.63, 3.8) is 0 Å². The highest BCUT2D eigenvalue weighted by Crippen LogP contribution is 2.12. The highest BCUT2D eigenvalue weighted by Gasteiger charge is 2.14. The standard InChI is InChI=1S/C10H8N2O3/c1-7-9(6-12-15-7)10(13)14-8-3-2-4-11-5-8/h2-6H,1H3. The lowest BCUT2D eigenvalue weighted by Crippen LogP contribution is -2.08. The van der Waals surface area contributed by atoms with Crippen LogP contribution >= 0.6 is 0 Å². The quantitative estimate of drug-likeness (QED) is 0.695. The van der Waals surface area contributed by atoms with Crippen molar-refractivity contribution in [1.82, 2.24) is 10.1 Å². The van der Waals surface area contributed by atoms with E-state index in [0.29, 0.717) is 17.1 Å². The summed E-state index contributed by atoms with van der Waals surface area (Å²) in [4.78, 5) is 15.4. The first-order valence-electron chi connectivity index (χ1n) is 4.31. The van der Waals surface area contributed by atoms with E-state index in [2.05, 4.69) is 10.1 Å². The number of aromatic nitrogens is 2. The van der Waals surface area contributed by atoms with Gasteiger partial charge in [-0.1, -0.05) is 5.16 Å². The fourth-order valence-electron chi connectivity index (χ4n) is 1.06. The monoisotopic (exact) mass is 204 g/mol. The summed E-state index contributed by atoms with van der Waals surface area (Å²) in [5.74, 6) is 0.328. The number of hydrogen-bond acceptors (Lipinski definition) is 5. The minimum atomic E-state index is -0.498. The summed E-state index contributed by atoms with van der Waals surface area (Å²) in [5.41, 5.74) is 0.318.